The molecule has 0 saturated carbocycles. The molecule has 2 aromatic carbocycles. The SMILES string of the molecule is CCCC(=O)N1c2ccc(OC(F)(F)F)cc2[C@@H](N(Cc2cc(C(F)(F)F)cc(C(F)(F)F)c2)c2nnn(C)n2)C[C@H]1CC. The summed E-state index contributed by atoms with van der Waals surface area (Å²) in [4.78, 5) is 16.9. The second-order valence-corrected chi connectivity index (χ2v) is 10.2. The Labute approximate surface area is 245 Å². The van der Waals surface area contributed by atoms with Crippen molar-refractivity contribution < 1.29 is 49.0 Å². The van der Waals surface area contributed by atoms with Crippen molar-refractivity contribution in [2.75, 3.05) is 9.80 Å². The Morgan fingerprint density at radius 1 is 0.977 bits per heavy atom. The maximum atomic E-state index is 13.6. The normalized spacial score (nSPS) is 17.4. The maximum absolute atomic E-state index is 13.6. The second kappa shape index (κ2) is 12.1. The van der Waals surface area contributed by atoms with Gasteiger partial charge in [0, 0.05) is 30.3 Å². The van der Waals surface area contributed by atoms with Crippen LogP contribution < -0.4 is 14.5 Å². The smallest absolute Gasteiger partial charge is 0.406 e. The molecular formula is C27H27F9N6O2. The van der Waals surface area contributed by atoms with Gasteiger partial charge in [-0.15, -0.1) is 18.3 Å². The van der Waals surface area contributed by atoms with Gasteiger partial charge < -0.3 is 14.5 Å². The number of hydrogen-bond acceptors (Lipinski definition) is 6. The number of rotatable bonds is 8. The van der Waals surface area contributed by atoms with Crippen LogP contribution >= 0.6 is 0 Å². The predicted octanol–water partition coefficient (Wildman–Crippen LogP) is 7.21. The van der Waals surface area contributed by atoms with Crippen molar-refractivity contribution in [3.05, 3.63) is 58.7 Å². The lowest BCUT2D eigenvalue weighted by Crippen LogP contribution is -2.47. The summed E-state index contributed by atoms with van der Waals surface area (Å²) < 4.78 is 125. The standard InChI is InChI=1S/C27H27F9N6O2/c1-4-6-23(43)42-18(5-2)12-22(20-13-19(7-8-21(20)42)44-27(34,35)36)41(24-37-39-40(3)38-24)14-15-9-16(25(28,29)30)11-17(10-15)26(31,32)33/h7-11,13,18,22H,4-6,12,14H2,1-3H3/t18-,22+/m1/s1. The first-order chi connectivity index (χ1) is 20.4. The van der Waals surface area contributed by atoms with E-state index in [1.54, 1.807) is 13.8 Å². The molecule has 2 atom stereocenters. The van der Waals surface area contributed by atoms with E-state index in [1.165, 1.54) is 22.9 Å². The molecule has 4 rings (SSSR count). The van der Waals surface area contributed by atoms with Crippen molar-refractivity contribution in [3.63, 3.8) is 0 Å². The van der Waals surface area contributed by atoms with Crippen molar-refractivity contribution in [1.82, 2.24) is 20.2 Å². The summed E-state index contributed by atoms with van der Waals surface area (Å²) >= 11 is 0. The lowest BCUT2D eigenvalue weighted by Gasteiger charge is -2.44. The summed E-state index contributed by atoms with van der Waals surface area (Å²) in [7, 11) is 1.38. The Morgan fingerprint density at radius 2 is 1.61 bits per heavy atom. The minimum atomic E-state index is -5.11. The van der Waals surface area contributed by atoms with E-state index < -0.39 is 59.8 Å². The maximum Gasteiger partial charge on any atom is 0.573 e. The first-order valence-corrected chi connectivity index (χ1v) is 13.4. The first kappa shape index (κ1) is 32.9. The number of aryl methyl sites for hydroxylation is 1. The van der Waals surface area contributed by atoms with Crippen LogP contribution in [0.25, 0.3) is 0 Å². The zero-order valence-electron chi connectivity index (χ0n) is 23.6. The predicted molar refractivity (Wildman–Crippen MR) is 138 cm³/mol. The van der Waals surface area contributed by atoms with Gasteiger partial charge in [-0.05, 0) is 66.4 Å². The Hall–Kier alpha value is -4.05. The van der Waals surface area contributed by atoms with Gasteiger partial charge in [-0.3, -0.25) is 4.79 Å². The second-order valence-electron chi connectivity index (χ2n) is 10.2. The minimum Gasteiger partial charge on any atom is -0.406 e. The van der Waals surface area contributed by atoms with E-state index in [0.717, 1.165) is 16.9 Å². The Balaban J connectivity index is 1.92. The van der Waals surface area contributed by atoms with Gasteiger partial charge in [-0.1, -0.05) is 18.9 Å². The van der Waals surface area contributed by atoms with Crippen molar-refractivity contribution in [3.8, 4) is 5.75 Å². The number of alkyl halides is 9. The Bertz CT molecular complexity index is 1450. The molecule has 1 amide bonds. The van der Waals surface area contributed by atoms with Crippen LogP contribution in [0.1, 0.15) is 67.8 Å². The van der Waals surface area contributed by atoms with Crippen LogP contribution in [0.2, 0.25) is 0 Å². The van der Waals surface area contributed by atoms with Crippen LogP contribution in [0.5, 0.6) is 5.75 Å². The summed E-state index contributed by atoms with van der Waals surface area (Å²) in [5.41, 5.74) is -3.17. The average Bonchev–Trinajstić information content (AvgIpc) is 3.34. The van der Waals surface area contributed by atoms with Gasteiger partial charge in [-0.25, -0.2) is 0 Å². The third-order valence-corrected chi connectivity index (χ3v) is 7.05. The number of benzene rings is 2. The zero-order valence-corrected chi connectivity index (χ0v) is 23.6. The molecule has 8 nitrogen and oxygen atoms in total. The monoisotopic (exact) mass is 638 g/mol. The van der Waals surface area contributed by atoms with E-state index in [9.17, 15) is 44.3 Å². The molecule has 1 aliphatic rings. The summed E-state index contributed by atoms with van der Waals surface area (Å²) in [5, 5.41) is 11.7. The highest BCUT2D eigenvalue weighted by Gasteiger charge is 2.41. The van der Waals surface area contributed by atoms with Crippen molar-refractivity contribution in [1.29, 1.82) is 0 Å². The molecule has 2 heterocycles. The van der Waals surface area contributed by atoms with E-state index in [4.69, 9.17) is 0 Å². The molecule has 0 fully saturated rings. The number of aromatic nitrogens is 4. The highest BCUT2D eigenvalue weighted by Crippen LogP contribution is 2.46. The van der Waals surface area contributed by atoms with Crippen LogP contribution in [-0.2, 0) is 30.7 Å². The molecule has 0 saturated heterocycles. The summed E-state index contributed by atoms with van der Waals surface area (Å²) in [6.45, 7) is 2.93. The quantitative estimate of drug-likeness (QED) is 0.243. The van der Waals surface area contributed by atoms with Gasteiger partial charge >= 0.3 is 18.7 Å². The van der Waals surface area contributed by atoms with Crippen molar-refractivity contribution >= 4 is 17.5 Å². The number of carbonyl (C=O) groups is 1. The molecule has 0 spiro atoms. The molecular weight excluding hydrogens is 611 g/mol. The van der Waals surface area contributed by atoms with Gasteiger partial charge in [0.05, 0.1) is 24.2 Å². The summed E-state index contributed by atoms with van der Waals surface area (Å²) in [6, 6.07) is 2.89. The van der Waals surface area contributed by atoms with Crippen LogP contribution in [0.3, 0.4) is 0 Å². The number of hydrogen-bond donors (Lipinski definition) is 0. The highest BCUT2D eigenvalue weighted by atomic mass is 19.4. The number of anilines is 2. The largest absolute Gasteiger partial charge is 0.573 e. The minimum absolute atomic E-state index is 0.00455. The number of ether oxygens (including phenoxy) is 1. The Kier molecular flexibility index (Phi) is 9.07. The molecule has 17 heteroatoms. The fraction of sp³-hybridized carbons (Fsp3) is 0.481. The number of halogens is 9. The topological polar surface area (TPSA) is 76.4 Å². The van der Waals surface area contributed by atoms with Crippen LogP contribution in [0.15, 0.2) is 36.4 Å². The molecule has 240 valence electrons. The average molecular weight is 639 g/mol. The van der Waals surface area contributed by atoms with Crippen LogP contribution in [0, 0.1) is 0 Å². The van der Waals surface area contributed by atoms with E-state index in [-0.39, 0.29) is 42.0 Å². The number of amides is 1. The summed E-state index contributed by atoms with van der Waals surface area (Å²) in [5.74, 6) is -1.15. The van der Waals surface area contributed by atoms with Gasteiger partial charge in [-0.2, -0.15) is 31.1 Å². The third kappa shape index (κ3) is 7.35. The fourth-order valence-corrected chi connectivity index (χ4v) is 5.24. The van der Waals surface area contributed by atoms with Gasteiger partial charge in [0.15, 0.2) is 0 Å². The van der Waals surface area contributed by atoms with E-state index in [1.807, 2.05) is 0 Å². The van der Waals surface area contributed by atoms with E-state index in [2.05, 4.69) is 20.1 Å². The number of tetrazole rings is 1. The Morgan fingerprint density at radius 3 is 2.11 bits per heavy atom. The molecule has 0 bridgehead atoms. The lowest BCUT2D eigenvalue weighted by atomic mass is 9.87. The molecule has 1 aliphatic heterocycles. The molecule has 1 aromatic heterocycles. The number of carbonyl (C=O) groups excluding carboxylic acids is 1. The highest BCUT2D eigenvalue weighted by molar-refractivity contribution is 5.95. The van der Waals surface area contributed by atoms with Gasteiger partial charge in [0.1, 0.15) is 5.75 Å². The molecule has 3 aromatic rings. The van der Waals surface area contributed by atoms with Crippen molar-refractivity contribution in [2.24, 2.45) is 7.05 Å². The summed E-state index contributed by atoms with van der Waals surface area (Å²) in [6.07, 6.45) is -14.3. The third-order valence-electron chi connectivity index (χ3n) is 7.05. The molecule has 0 radical (unpaired) electrons. The van der Waals surface area contributed by atoms with Crippen LogP contribution in [-0.4, -0.2) is 38.5 Å². The lowest BCUT2D eigenvalue weighted by molar-refractivity contribution is -0.274. The number of fused-ring (bicyclic) bond motifs is 1. The first-order valence-electron chi connectivity index (χ1n) is 13.4. The van der Waals surface area contributed by atoms with Crippen LogP contribution in [0.4, 0.5) is 51.1 Å². The molecule has 0 aliphatic carbocycles. The van der Waals surface area contributed by atoms with Crippen molar-refractivity contribution in [2.45, 2.75) is 76.9 Å². The number of nitrogens with zero attached hydrogens (tertiary/aromatic N) is 6. The van der Waals surface area contributed by atoms with Gasteiger partial charge in [0.2, 0.25) is 5.91 Å². The molecule has 0 unspecified atom stereocenters. The fourth-order valence-electron chi connectivity index (χ4n) is 5.24. The van der Waals surface area contributed by atoms with Gasteiger partial charge in [0.25, 0.3) is 5.95 Å². The molecule has 0 N–H and O–H groups in total. The molecule has 44 heavy (non-hydrogen) atoms. The zero-order chi connectivity index (χ0) is 32.6. The van der Waals surface area contributed by atoms with E-state index >= 15 is 0 Å². The van der Waals surface area contributed by atoms with E-state index in [0.29, 0.717) is 25.0 Å².